The molecule has 0 bridgehead atoms. The van der Waals surface area contributed by atoms with Crippen molar-refractivity contribution in [3.8, 4) is 6.07 Å². The maximum Gasteiger partial charge on any atom is 0.0991 e. The second-order valence-electron chi connectivity index (χ2n) is 5.29. The molecule has 1 atom stereocenters. The third-order valence-corrected chi connectivity index (χ3v) is 4.41. The van der Waals surface area contributed by atoms with Crippen molar-refractivity contribution in [2.24, 2.45) is 11.1 Å². The highest BCUT2D eigenvalue weighted by Crippen LogP contribution is 2.49. The molecule has 0 aromatic heterocycles. The van der Waals surface area contributed by atoms with Crippen molar-refractivity contribution in [2.75, 3.05) is 13.1 Å². The van der Waals surface area contributed by atoms with Crippen molar-refractivity contribution < 1.29 is 0 Å². The molecule has 1 fully saturated rings. The Hall–Kier alpha value is -1.37. The predicted octanol–water partition coefficient (Wildman–Crippen LogP) is 1.48. The van der Waals surface area contributed by atoms with E-state index in [1.54, 1.807) is 0 Å². The maximum absolute atomic E-state index is 8.96. The van der Waals surface area contributed by atoms with E-state index in [0.717, 1.165) is 37.9 Å². The van der Waals surface area contributed by atoms with Gasteiger partial charge in [0.25, 0.3) is 0 Å². The van der Waals surface area contributed by atoms with Gasteiger partial charge in [0.2, 0.25) is 0 Å². The lowest BCUT2D eigenvalue weighted by molar-refractivity contribution is 0.174. The molecule has 3 N–H and O–H groups in total. The van der Waals surface area contributed by atoms with Crippen LogP contribution in [-0.2, 0) is 6.42 Å². The molecular weight excluding hydrogens is 210 g/mol. The van der Waals surface area contributed by atoms with E-state index < -0.39 is 0 Å². The summed E-state index contributed by atoms with van der Waals surface area (Å²) >= 11 is 0. The van der Waals surface area contributed by atoms with Crippen molar-refractivity contribution in [1.82, 2.24) is 5.32 Å². The minimum Gasteiger partial charge on any atom is -0.323 e. The smallest absolute Gasteiger partial charge is 0.0991 e. The molecule has 3 nitrogen and oxygen atoms in total. The lowest BCUT2D eigenvalue weighted by Crippen LogP contribution is -2.42. The van der Waals surface area contributed by atoms with E-state index in [1.165, 1.54) is 11.1 Å². The summed E-state index contributed by atoms with van der Waals surface area (Å²) in [5.41, 5.74) is 9.95. The molecule has 3 rings (SSSR count). The zero-order chi connectivity index (χ0) is 11.9. The van der Waals surface area contributed by atoms with Crippen molar-refractivity contribution >= 4 is 0 Å². The van der Waals surface area contributed by atoms with E-state index >= 15 is 0 Å². The van der Waals surface area contributed by atoms with E-state index in [1.807, 2.05) is 12.1 Å². The van der Waals surface area contributed by atoms with Gasteiger partial charge in [-0.15, -0.1) is 0 Å². The molecule has 1 aromatic carbocycles. The molecule has 1 aromatic rings. The first kappa shape index (κ1) is 10.8. The first-order valence-electron chi connectivity index (χ1n) is 6.24. The second kappa shape index (κ2) is 3.83. The molecule has 2 aliphatic rings. The van der Waals surface area contributed by atoms with Gasteiger partial charge < -0.3 is 11.1 Å². The Kier molecular flexibility index (Phi) is 2.43. The van der Waals surface area contributed by atoms with Crippen molar-refractivity contribution in [1.29, 1.82) is 5.26 Å². The largest absolute Gasteiger partial charge is 0.323 e. The Labute approximate surface area is 102 Å². The van der Waals surface area contributed by atoms with Gasteiger partial charge in [-0.1, -0.05) is 6.07 Å². The van der Waals surface area contributed by atoms with Crippen molar-refractivity contribution in [2.45, 2.75) is 25.3 Å². The zero-order valence-corrected chi connectivity index (χ0v) is 9.87. The highest BCUT2D eigenvalue weighted by molar-refractivity contribution is 5.44. The third kappa shape index (κ3) is 1.56. The third-order valence-electron chi connectivity index (χ3n) is 4.41. The number of nitrogens with two attached hydrogens (primary N) is 1. The highest BCUT2D eigenvalue weighted by Gasteiger charge is 2.44. The van der Waals surface area contributed by atoms with Gasteiger partial charge in [0, 0.05) is 6.04 Å². The molecule has 0 amide bonds. The summed E-state index contributed by atoms with van der Waals surface area (Å²) in [5, 5.41) is 12.4. The van der Waals surface area contributed by atoms with E-state index in [4.69, 9.17) is 11.0 Å². The molecule has 3 heteroatoms. The van der Waals surface area contributed by atoms with Crippen LogP contribution in [0.2, 0.25) is 0 Å². The average molecular weight is 227 g/mol. The van der Waals surface area contributed by atoms with Gasteiger partial charge in [-0.2, -0.15) is 5.26 Å². The SMILES string of the molecule is N#Cc1ccc2c(c1)C(N)C1(CCNCC1)C2. The number of hydrogen-bond donors (Lipinski definition) is 2. The number of rotatable bonds is 0. The Morgan fingerprint density at radius 2 is 2.12 bits per heavy atom. The molecule has 1 spiro atoms. The van der Waals surface area contributed by atoms with Crippen LogP contribution in [0, 0.1) is 16.7 Å². The number of hydrogen-bond acceptors (Lipinski definition) is 3. The van der Waals surface area contributed by atoms with Gasteiger partial charge in [0.15, 0.2) is 0 Å². The Bertz CT molecular complexity index is 481. The van der Waals surface area contributed by atoms with Crippen LogP contribution in [0.15, 0.2) is 18.2 Å². The minimum atomic E-state index is 0.105. The lowest BCUT2D eigenvalue weighted by atomic mass is 9.73. The number of nitriles is 1. The second-order valence-corrected chi connectivity index (χ2v) is 5.29. The first-order valence-corrected chi connectivity index (χ1v) is 6.24. The quantitative estimate of drug-likeness (QED) is 0.705. The van der Waals surface area contributed by atoms with Gasteiger partial charge >= 0.3 is 0 Å². The molecule has 1 saturated heterocycles. The summed E-state index contributed by atoms with van der Waals surface area (Å²) in [4.78, 5) is 0. The Balaban J connectivity index is 1.99. The van der Waals surface area contributed by atoms with Gasteiger partial charge in [0.05, 0.1) is 11.6 Å². The van der Waals surface area contributed by atoms with E-state index in [2.05, 4.69) is 17.5 Å². The topological polar surface area (TPSA) is 61.8 Å². The van der Waals surface area contributed by atoms with Crippen LogP contribution in [0.25, 0.3) is 0 Å². The zero-order valence-electron chi connectivity index (χ0n) is 9.87. The highest BCUT2D eigenvalue weighted by atomic mass is 14.9. The fraction of sp³-hybridized carbons (Fsp3) is 0.500. The summed E-state index contributed by atoms with van der Waals surface area (Å²) in [6, 6.07) is 8.28. The van der Waals surface area contributed by atoms with Gasteiger partial charge in [0.1, 0.15) is 0 Å². The summed E-state index contributed by atoms with van der Waals surface area (Å²) in [7, 11) is 0. The predicted molar refractivity (Wildman–Crippen MR) is 66.3 cm³/mol. The fourth-order valence-corrected chi connectivity index (χ4v) is 3.35. The van der Waals surface area contributed by atoms with Crippen molar-refractivity contribution in [3.63, 3.8) is 0 Å². The first-order chi connectivity index (χ1) is 8.25. The lowest BCUT2D eigenvalue weighted by Gasteiger charge is -2.37. The number of benzene rings is 1. The molecule has 17 heavy (non-hydrogen) atoms. The number of nitrogens with zero attached hydrogens (tertiary/aromatic N) is 1. The molecule has 1 aliphatic heterocycles. The molecule has 88 valence electrons. The van der Waals surface area contributed by atoms with E-state index in [-0.39, 0.29) is 11.5 Å². The van der Waals surface area contributed by atoms with Gasteiger partial charge in [-0.25, -0.2) is 0 Å². The summed E-state index contributed by atoms with van der Waals surface area (Å²) in [5.74, 6) is 0. The van der Waals surface area contributed by atoms with Crippen LogP contribution in [0.5, 0.6) is 0 Å². The van der Waals surface area contributed by atoms with Crippen molar-refractivity contribution in [3.05, 3.63) is 34.9 Å². The Morgan fingerprint density at radius 3 is 2.82 bits per heavy atom. The van der Waals surface area contributed by atoms with Crippen LogP contribution < -0.4 is 11.1 Å². The molecule has 0 radical (unpaired) electrons. The fourth-order valence-electron chi connectivity index (χ4n) is 3.35. The summed E-state index contributed by atoms with van der Waals surface area (Å²) in [6.07, 6.45) is 3.37. The molecule has 1 heterocycles. The van der Waals surface area contributed by atoms with Crippen LogP contribution in [0.4, 0.5) is 0 Å². The monoisotopic (exact) mass is 227 g/mol. The Morgan fingerprint density at radius 1 is 1.35 bits per heavy atom. The summed E-state index contributed by atoms with van der Waals surface area (Å²) in [6.45, 7) is 2.12. The maximum atomic E-state index is 8.96. The number of nitrogens with one attached hydrogen (secondary N) is 1. The van der Waals surface area contributed by atoms with Crippen LogP contribution >= 0.6 is 0 Å². The van der Waals surface area contributed by atoms with Crippen LogP contribution in [0.3, 0.4) is 0 Å². The molecular formula is C14H17N3. The van der Waals surface area contributed by atoms with Gasteiger partial charge in [-0.3, -0.25) is 0 Å². The van der Waals surface area contributed by atoms with Gasteiger partial charge in [-0.05, 0) is 61.0 Å². The normalized spacial score (nSPS) is 25.5. The minimum absolute atomic E-state index is 0.105. The average Bonchev–Trinajstić information content (AvgIpc) is 2.63. The molecule has 0 saturated carbocycles. The van der Waals surface area contributed by atoms with E-state index in [0.29, 0.717) is 0 Å². The molecule has 1 unspecified atom stereocenters. The number of fused-ring (bicyclic) bond motifs is 1. The van der Waals surface area contributed by atoms with Crippen LogP contribution in [0.1, 0.15) is 35.6 Å². The summed E-state index contributed by atoms with van der Waals surface area (Å²) < 4.78 is 0. The van der Waals surface area contributed by atoms with E-state index in [9.17, 15) is 0 Å². The number of piperidine rings is 1. The molecule has 1 aliphatic carbocycles. The van der Waals surface area contributed by atoms with Crippen LogP contribution in [-0.4, -0.2) is 13.1 Å². The standard InChI is InChI=1S/C14H17N3/c15-9-10-1-2-11-8-14(3-5-17-6-4-14)13(16)12(11)7-10/h1-2,7,13,17H,3-6,8,16H2.